The van der Waals surface area contributed by atoms with Gasteiger partial charge in [-0.2, -0.15) is 0 Å². The third-order valence-corrected chi connectivity index (χ3v) is 13.8. The summed E-state index contributed by atoms with van der Waals surface area (Å²) in [6.45, 7) is 0. The molecule has 0 bridgehead atoms. The lowest BCUT2D eigenvalue weighted by atomic mass is 9.67. The average molecular weight is 827 g/mol. The van der Waals surface area contributed by atoms with Gasteiger partial charge < -0.3 is 9.47 Å². The van der Waals surface area contributed by atoms with Crippen molar-refractivity contribution < 1.29 is 0 Å². The van der Waals surface area contributed by atoms with E-state index < -0.39 is 5.41 Å². The summed E-state index contributed by atoms with van der Waals surface area (Å²) in [5, 5.41) is 7.40. The molecule has 1 aromatic heterocycles. The second kappa shape index (κ2) is 14.8. The third kappa shape index (κ3) is 5.67. The molecule has 11 aromatic carbocycles. The summed E-state index contributed by atoms with van der Waals surface area (Å²) in [6.07, 6.45) is 0. The maximum atomic E-state index is 2.47. The number of nitrogens with zero attached hydrogens (tertiary/aromatic N) is 2. The van der Waals surface area contributed by atoms with Gasteiger partial charge in [0, 0.05) is 33.2 Å². The number of hydrogen-bond donors (Lipinski definition) is 0. The molecule has 2 nitrogen and oxygen atoms in total. The SMILES string of the molecule is c1ccc(-n2c3ccccc3c3cc(N(c4ccc(-c5ccc6c(c5)C(c5ccccc5)(c5ccccc5)c5ccc7ccccc7c5-6)cc4)c4cccc5ccccc45)ccc32)cc1. The highest BCUT2D eigenvalue weighted by Gasteiger charge is 2.46. The molecule has 0 fully saturated rings. The highest BCUT2D eigenvalue weighted by molar-refractivity contribution is 6.11. The van der Waals surface area contributed by atoms with Crippen molar-refractivity contribution >= 4 is 60.4 Å². The average Bonchev–Trinajstić information content (AvgIpc) is 3.88. The summed E-state index contributed by atoms with van der Waals surface area (Å²) < 4.78 is 2.38. The molecule has 0 atom stereocenters. The van der Waals surface area contributed by atoms with E-state index in [1.807, 2.05) is 0 Å². The first-order valence-corrected chi connectivity index (χ1v) is 22.5. The lowest BCUT2D eigenvalue weighted by Crippen LogP contribution is -2.28. The van der Waals surface area contributed by atoms with Gasteiger partial charge in [0.15, 0.2) is 0 Å². The first-order chi connectivity index (χ1) is 32.3. The van der Waals surface area contributed by atoms with Gasteiger partial charge in [-0.1, -0.05) is 194 Å². The predicted molar refractivity (Wildman–Crippen MR) is 273 cm³/mol. The number of para-hydroxylation sites is 2. The van der Waals surface area contributed by atoms with Crippen LogP contribution in [0.3, 0.4) is 0 Å². The van der Waals surface area contributed by atoms with Crippen LogP contribution in [0.5, 0.6) is 0 Å². The largest absolute Gasteiger partial charge is 0.310 e. The lowest BCUT2D eigenvalue weighted by molar-refractivity contribution is 0.769. The van der Waals surface area contributed by atoms with Gasteiger partial charge in [0.1, 0.15) is 0 Å². The first kappa shape index (κ1) is 37.1. The van der Waals surface area contributed by atoms with Crippen LogP contribution < -0.4 is 4.90 Å². The normalized spacial score (nSPS) is 12.7. The quantitative estimate of drug-likeness (QED) is 0.155. The van der Waals surface area contributed by atoms with Crippen LogP contribution in [0.4, 0.5) is 17.1 Å². The molecule has 0 N–H and O–H groups in total. The van der Waals surface area contributed by atoms with E-state index >= 15 is 0 Å². The molecule has 2 heteroatoms. The minimum absolute atomic E-state index is 0.499. The molecule has 0 aliphatic heterocycles. The predicted octanol–water partition coefficient (Wildman–Crippen LogP) is 16.6. The van der Waals surface area contributed by atoms with Gasteiger partial charge >= 0.3 is 0 Å². The topological polar surface area (TPSA) is 8.17 Å². The molecule has 0 saturated heterocycles. The van der Waals surface area contributed by atoms with Crippen molar-refractivity contribution in [3.8, 4) is 27.9 Å². The van der Waals surface area contributed by atoms with Gasteiger partial charge in [0.05, 0.1) is 22.1 Å². The molecule has 1 aliphatic carbocycles. The van der Waals surface area contributed by atoms with E-state index in [9.17, 15) is 0 Å². The summed E-state index contributed by atoms with van der Waals surface area (Å²) in [4.78, 5) is 2.43. The van der Waals surface area contributed by atoms with Gasteiger partial charge in [0.25, 0.3) is 0 Å². The molecule has 65 heavy (non-hydrogen) atoms. The van der Waals surface area contributed by atoms with Gasteiger partial charge in [-0.15, -0.1) is 0 Å². The Balaban J connectivity index is 0.990. The van der Waals surface area contributed by atoms with E-state index in [-0.39, 0.29) is 0 Å². The first-order valence-electron chi connectivity index (χ1n) is 22.5. The minimum atomic E-state index is -0.499. The summed E-state index contributed by atoms with van der Waals surface area (Å²) in [7, 11) is 0. The Morgan fingerprint density at radius 2 is 0.908 bits per heavy atom. The monoisotopic (exact) mass is 826 g/mol. The third-order valence-electron chi connectivity index (χ3n) is 13.8. The Kier molecular flexibility index (Phi) is 8.47. The minimum Gasteiger partial charge on any atom is -0.310 e. The van der Waals surface area contributed by atoms with E-state index in [0.717, 1.165) is 22.7 Å². The summed E-state index contributed by atoms with van der Waals surface area (Å²) in [5.74, 6) is 0. The van der Waals surface area contributed by atoms with Crippen molar-refractivity contribution in [1.29, 1.82) is 0 Å². The molecule has 13 rings (SSSR count). The highest BCUT2D eigenvalue weighted by Crippen LogP contribution is 2.58. The maximum absolute atomic E-state index is 2.47. The molecule has 1 heterocycles. The molecular weight excluding hydrogens is 785 g/mol. The fourth-order valence-corrected chi connectivity index (χ4v) is 11.0. The zero-order valence-electron chi connectivity index (χ0n) is 35.6. The van der Waals surface area contributed by atoms with E-state index in [1.54, 1.807) is 0 Å². The molecule has 304 valence electrons. The number of hydrogen-bond acceptors (Lipinski definition) is 1. The number of fused-ring (bicyclic) bond motifs is 9. The van der Waals surface area contributed by atoms with Gasteiger partial charge in [-0.3, -0.25) is 0 Å². The Labute approximate surface area is 378 Å². The molecule has 0 saturated carbocycles. The summed E-state index contributed by atoms with van der Waals surface area (Å²) in [6, 6.07) is 93.9. The Bertz CT molecular complexity index is 3710. The number of anilines is 3. The zero-order chi connectivity index (χ0) is 42.9. The van der Waals surface area contributed by atoms with E-state index in [4.69, 9.17) is 0 Å². The zero-order valence-corrected chi connectivity index (χ0v) is 35.6. The van der Waals surface area contributed by atoms with Crippen molar-refractivity contribution in [2.75, 3.05) is 4.90 Å². The van der Waals surface area contributed by atoms with Crippen LogP contribution in [0.1, 0.15) is 22.3 Å². The van der Waals surface area contributed by atoms with Crippen LogP contribution in [0.15, 0.2) is 255 Å². The number of aromatic nitrogens is 1. The van der Waals surface area contributed by atoms with E-state index in [2.05, 4.69) is 264 Å². The molecule has 0 spiro atoms. The molecule has 0 amide bonds. The van der Waals surface area contributed by atoms with Gasteiger partial charge in [-0.05, 0) is 121 Å². The van der Waals surface area contributed by atoms with Crippen LogP contribution in [-0.4, -0.2) is 4.57 Å². The van der Waals surface area contributed by atoms with Gasteiger partial charge in [-0.25, -0.2) is 0 Å². The standard InChI is InChI=1S/C63H42N2/c1-4-20-47(21-5-1)63(48-22-6-2-7-23-48)57-39-34-45-18-11-13-27-53(45)62(57)55-38-33-46(41-58(55)63)43-31-35-50(36-32-43)64(59-30-16-19-44-17-10-12-26-52(44)59)51-37-40-61-56(42-51)54-28-14-15-29-60(54)65(61)49-24-8-3-9-25-49/h1-42H. The summed E-state index contributed by atoms with van der Waals surface area (Å²) in [5.41, 5.74) is 16.5. The van der Waals surface area contributed by atoms with Crippen molar-refractivity contribution in [2.45, 2.75) is 5.41 Å². The van der Waals surface area contributed by atoms with Crippen LogP contribution in [0.25, 0.3) is 71.3 Å². The fraction of sp³-hybridized carbons (Fsp3) is 0.0159. The van der Waals surface area contributed by atoms with Crippen molar-refractivity contribution in [3.05, 3.63) is 277 Å². The molecule has 1 aliphatic rings. The van der Waals surface area contributed by atoms with Gasteiger partial charge in [0.2, 0.25) is 0 Å². The van der Waals surface area contributed by atoms with Crippen molar-refractivity contribution in [2.24, 2.45) is 0 Å². The van der Waals surface area contributed by atoms with Crippen LogP contribution >= 0.6 is 0 Å². The molecule has 0 unspecified atom stereocenters. The fourth-order valence-electron chi connectivity index (χ4n) is 11.0. The van der Waals surface area contributed by atoms with Crippen LogP contribution in [0, 0.1) is 0 Å². The van der Waals surface area contributed by atoms with Crippen LogP contribution in [0.2, 0.25) is 0 Å². The van der Waals surface area contributed by atoms with Crippen molar-refractivity contribution in [3.63, 3.8) is 0 Å². The van der Waals surface area contributed by atoms with Crippen molar-refractivity contribution in [1.82, 2.24) is 4.57 Å². The molecular formula is C63H42N2. The van der Waals surface area contributed by atoms with E-state index in [0.29, 0.717) is 0 Å². The lowest BCUT2D eigenvalue weighted by Gasteiger charge is -2.34. The number of rotatable bonds is 7. The Morgan fingerprint density at radius 3 is 1.65 bits per heavy atom. The Morgan fingerprint density at radius 1 is 0.338 bits per heavy atom. The maximum Gasteiger partial charge on any atom is 0.0714 e. The van der Waals surface area contributed by atoms with E-state index in [1.165, 1.54) is 87.9 Å². The Hall–Kier alpha value is -8.46. The molecule has 12 aromatic rings. The number of benzene rings is 11. The second-order valence-corrected chi connectivity index (χ2v) is 17.2. The molecule has 0 radical (unpaired) electrons. The highest BCUT2D eigenvalue weighted by atomic mass is 15.1. The summed E-state index contributed by atoms with van der Waals surface area (Å²) >= 11 is 0. The second-order valence-electron chi connectivity index (χ2n) is 17.2. The smallest absolute Gasteiger partial charge is 0.0714 e. The van der Waals surface area contributed by atoms with Crippen LogP contribution in [-0.2, 0) is 5.41 Å².